The molecule has 0 saturated carbocycles. The summed E-state index contributed by atoms with van der Waals surface area (Å²) >= 11 is 1.41. The molecule has 0 bridgehead atoms. The number of carbonyl (C=O) groups is 2. The van der Waals surface area contributed by atoms with E-state index in [2.05, 4.69) is 20.6 Å². The van der Waals surface area contributed by atoms with E-state index in [1.165, 1.54) is 20.9 Å². The highest BCUT2D eigenvalue weighted by Gasteiger charge is 2.34. The molecule has 1 aromatic carbocycles. The van der Waals surface area contributed by atoms with E-state index in [0.29, 0.717) is 24.4 Å². The number of amides is 2. The third kappa shape index (κ3) is 4.66. The fraction of sp³-hybridized carbons (Fsp3) is 0.227. The predicted molar refractivity (Wildman–Crippen MR) is 121 cm³/mol. The number of nitrogens with zero attached hydrogens (tertiary/aromatic N) is 5. The molecule has 0 aliphatic heterocycles. The lowest BCUT2D eigenvalue weighted by atomic mass is 10.1. The zero-order chi connectivity index (χ0) is 22.3. The zero-order valence-electron chi connectivity index (χ0n) is 17.4. The summed E-state index contributed by atoms with van der Waals surface area (Å²) in [7, 11) is 1.57. The van der Waals surface area contributed by atoms with Crippen LogP contribution in [-0.2, 0) is 20.9 Å². The van der Waals surface area contributed by atoms with E-state index in [0.717, 1.165) is 10.4 Å². The molecule has 0 saturated heterocycles. The number of carbonyl (C=O) groups excluding carboxylic acids is 2. The first-order chi connectivity index (χ1) is 15.7. The van der Waals surface area contributed by atoms with Crippen LogP contribution in [0.5, 0.6) is 0 Å². The van der Waals surface area contributed by atoms with Gasteiger partial charge >= 0.3 is 0 Å². The number of hydrogen-bond donors (Lipinski definition) is 1. The first-order valence-corrected chi connectivity index (χ1v) is 10.9. The van der Waals surface area contributed by atoms with Gasteiger partial charge in [-0.3, -0.25) is 19.5 Å². The van der Waals surface area contributed by atoms with Crippen LogP contribution in [0.3, 0.4) is 0 Å². The molecule has 4 aromatic rings. The maximum Gasteiger partial charge on any atom is 0.249 e. The molecule has 0 radical (unpaired) electrons. The van der Waals surface area contributed by atoms with Gasteiger partial charge in [0.05, 0.1) is 24.0 Å². The highest BCUT2D eigenvalue weighted by Crippen LogP contribution is 2.30. The zero-order valence-corrected chi connectivity index (χ0v) is 18.2. The molecule has 1 N–H and O–H groups in total. The number of nitrogens with one attached hydrogen (secondary N) is 1. The summed E-state index contributed by atoms with van der Waals surface area (Å²) in [5.74, 6) is -0.612. The molecule has 0 fully saturated rings. The molecule has 0 aliphatic rings. The van der Waals surface area contributed by atoms with Gasteiger partial charge in [0.2, 0.25) is 11.8 Å². The van der Waals surface area contributed by atoms with E-state index in [4.69, 9.17) is 4.74 Å². The second kappa shape index (κ2) is 10.1. The van der Waals surface area contributed by atoms with Gasteiger partial charge in [-0.1, -0.05) is 23.4 Å². The van der Waals surface area contributed by atoms with Crippen LogP contribution < -0.4 is 10.2 Å². The molecule has 32 heavy (non-hydrogen) atoms. The van der Waals surface area contributed by atoms with E-state index in [9.17, 15) is 9.59 Å². The van der Waals surface area contributed by atoms with Gasteiger partial charge in [-0.05, 0) is 35.7 Å². The molecule has 0 aliphatic carbocycles. The highest BCUT2D eigenvalue weighted by molar-refractivity contribution is 7.10. The van der Waals surface area contributed by atoms with Crippen molar-refractivity contribution in [1.82, 2.24) is 25.3 Å². The lowest BCUT2D eigenvalue weighted by Gasteiger charge is -2.30. The van der Waals surface area contributed by atoms with Gasteiger partial charge in [0.25, 0.3) is 0 Å². The summed E-state index contributed by atoms with van der Waals surface area (Å²) in [6.07, 6.45) is 3.19. The molecule has 1 unspecified atom stereocenters. The van der Waals surface area contributed by atoms with Crippen LogP contribution in [0.25, 0.3) is 11.0 Å². The lowest BCUT2D eigenvalue weighted by Crippen LogP contribution is -2.45. The maximum atomic E-state index is 13.6. The summed E-state index contributed by atoms with van der Waals surface area (Å²) in [4.78, 5) is 33.2. The largest absolute Gasteiger partial charge is 0.383 e. The van der Waals surface area contributed by atoms with E-state index in [1.54, 1.807) is 31.6 Å². The standard InChI is InChI=1S/C22H22N6O3S/c1-31-12-11-24-22(30)21(19-9-5-13-32-19)28(16-6-4-10-23-14-16)20(29)15-27-18-8-3-2-7-17(18)25-26-27/h2-10,13-14,21H,11-12,15H2,1H3,(H,24,30). The molecular weight excluding hydrogens is 428 g/mol. The number of fused-ring (bicyclic) bond motifs is 1. The predicted octanol–water partition coefficient (Wildman–Crippen LogP) is 2.42. The van der Waals surface area contributed by atoms with Crippen molar-refractivity contribution in [1.29, 1.82) is 0 Å². The second-order valence-corrected chi connectivity index (χ2v) is 7.89. The Bertz CT molecular complexity index is 1180. The number of para-hydroxylation sites is 1. The van der Waals surface area contributed by atoms with Gasteiger partial charge < -0.3 is 10.1 Å². The normalized spacial score (nSPS) is 11.9. The van der Waals surface area contributed by atoms with Gasteiger partial charge in [0.1, 0.15) is 18.1 Å². The SMILES string of the molecule is COCCNC(=O)C(c1cccs1)N(C(=O)Cn1nnc2ccccc21)c1cccnc1. The van der Waals surface area contributed by atoms with Crippen molar-refractivity contribution in [3.63, 3.8) is 0 Å². The Hall–Kier alpha value is -3.63. The Morgan fingerprint density at radius 2 is 2.06 bits per heavy atom. The second-order valence-electron chi connectivity index (χ2n) is 6.91. The minimum Gasteiger partial charge on any atom is -0.383 e. The fourth-order valence-electron chi connectivity index (χ4n) is 3.37. The minimum atomic E-state index is -0.863. The van der Waals surface area contributed by atoms with Crippen molar-refractivity contribution in [2.24, 2.45) is 0 Å². The van der Waals surface area contributed by atoms with Crippen molar-refractivity contribution < 1.29 is 14.3 Å². The number of methoxy groups -OCH3 is 1. The quantitative estimate of drug-likeness (QED) is 0.393. The molecule has 1 atom stereocenters. The van der Waals surface area contributed by atoms with Gasteiger partial charge in [-0.2, -0.15) is 0 Å². The lowest BCUT2D eigenvalue weighted by molar-refractivity contribution is -0.127. The summed E-state index contributed by atoms with van der Waals surface area (Å²) in [6.45, 7) is 0.622. The Labute approximate surface area is 188 Å². The van der Waals surface area contributed by atoms with Crippen molar-refractivity contribution in [2.75, 3.05) is 25.2 Å². The van der Waals surface area contributed by atoms with Crippen molar-refractivity contribution >= 4 is 39.9 Å². The van der Waals surface area contributed by atoms with Crippen LogP contribution in [0, 0.1) is 0 Å². The van der Waals surface area contributed by atoms with Crippen LogP contribution in [0.1, 0.15) is 10.9 Å². The van der Waals surface area contributed by atoms with E-state index < -0.39 is 6.04 Å². The molecular formula is C22H22N6O3S. The Balaban J connectivity index is 1.71. The van der Waals surface area contributed by atoms with Crippen LogP contribution >= 0.6 is 11.3 Å². The van der Waals surface area contributed by atoms with Gasteiger partial charge in [-0.25, -0.2) is 4.68 Å². The third-order valence-corrected chi connectivity index (χ3v) is 5.75. The number of ether oxygens (including phenoxy) is 1. The number of rotatable bonds is 9. The molecule has 9 nitrogen and oxygen atoms in total. The summed E-state index contributed by atoms with van der Waals surface area (Å²) in [5, 5.41) is 13.0. The van der Waals surface area contributed by atoms with E-state index in [1.807, 2.05) is 41.8 Å². The molecule has 4 rings (SSSR count). The van der Waals surface area contributed by atoms with Gasteiger partial charge in [0, 0.05) is 24.7 Å². The third-order valence-electron chi connectivity index (χ3n) is 4.82. The van der Waals surface area contributed by atoms with Crippen molar-refractivity contribution in [2.45, 2.75) is 12.6 Å². The summed E-state index contributed by atoms with van der Waals surface area (Å²) in [5.41, 5.74) is 1.95. The number of pyridine rings is 1. The average molecular weight is 451 g/mol. The summed E-state index contributed by atoms with van der Waals surface area (Å²) < 4.78 is 6.58. The number of benzene rings is 1. The Kier molecular flexibility index (Phi) is 6.83. The molecule has 3 aromatic heterocycles. The molecule has 0 spiro atoms. The van der Waals surface area contributed by atoms with E-state index >= 15 is 0 Å². The first kappa shape index (κ1) is 21.6. The first-order valence-electron chi connectivity index (χ1n) is 9.99. The minimum absolute atomic E-state index is 0.0807. The highest BCUT2D eigenvalue weighted by atomic mass is 32.1. The van der Waals surface area contributed by atoms with Crippen LogP contribution in [0.2, 0.25) is 0 Å². The smallest absolute Gasteiger partial charge is 0.249 e. The van der Waals surface area contributed by atoms with Crippen molar-refractivity contribution in [3.05, 3.63) is 71.2 Å². The number of aromatic nitrogens is 4. The van der Waals surface area contributed by atoms with Crippen LogP contribution in [-0.4, -0.2) is 52.1 Å². The van der Waals surface area contributed by atoms with Crippen LogP contribution in [0.15, 0.2) is 66.3 Å². The molecule has 3 heterocycles. The van der Waals surface area contributed by atoms with E-state index in [-0.39, 0.29) is 18.4 Å². The molecule has 2 amide bonds. The molecule has 10 heteroatoms. The number of thiophene rings is 1. The Morgan fingerprint density at radius 3 is 2.81 bits per heavy atom. The molecule has 164 valence electrons. The maximum absolute atomic E-state index is 13.6. The summed E-state index contributed by atoms with van der Waals surface area (Å²) in [6, 6.07) is 13.7. The van der Waals surface area contributed by atoms with Crippen LogP contribution in [0.4, 0.5) is 5.69 Å². The van der Waals surface area contributed by atoms with Crippen molar-refractivity contribution in [3.8, 4) is 0 Å². The average Bonchev–Trinajstić information content (AvgIpc) is 3.48. The number of anilines is 1. The monoisotopic (exact) mass is 450 g/mol. The number of hydrogen-bond acceptors (Lipinski definition) is 7. The fourth-order valence-corrected chi connectivity index (χ4v) is 4.18. The topological polar surface area (TPSA) is 102 Å². The Morgan fingerprint density at radius 1 is 1.19 bits per heavy atom. The van der Waals surface area contributed by atoms with Gasteiger partial charge in [0.15, 0.2) is 0 Å². The van der Waals surface area contributed by atoms with Gasteiger partial charge in [-0.15, -0.1) is 16.4 Å².